The third kappa shape index (κ3) is 5.61. The van der Waals surface area contributed by atoms with Crippen LogP contribution in [0.3, 0.4) is 0 Å². The van der Waals surface area contributed by atoms with Gasteiger partial charge in [0.1, 0.15) is 5.75 Å². The Morgan fingerprint density at radius 1 is 1.08 bits per heavy atom. The second-order valence-corrected chi connectivity index (χ2v) is 7.19. The van der Waals surface area contributed by atoms with E-state index in [1.54, 1.807) is 0 Å². The number of hydrogen-bond donors (Lipinski definition) is 1. The van der Waals surface area contributed by atoms with E-state index in [0.717, 1.165) is 43.9 Å². The van der Waals surface area contributed by atoms with E-state index in [9.17, 15) is 4.79 Å². The number of nitrogens with one attached hydrogen (secondary N) is 1. The minimum atomic E-state index is 0. The smallest absolute Gasteiger partial charge is 0.253 e. The SMILES string of the molecule is CNC1CCN(C(=O)c2ccc(OCC3CCCCC3)cc2)CC1.Cl. The van der Waals surface area contributed by atoms with Crippen molar-refractivity contribution in [1.29, 1.82) is 0 Å². The molecule has 0 spiro atoms. The third-order valence-corrected chi connectivity index (χ3v) is 5.50. The topological polar surface area (TPSA) is 41.6 Å². The molecule has 1 aliphatic carbocycles. The molecule has 2 aliphatic rings. The van der Waals surface area contributed by atoms with Crippen LogP contribution in [-0.2, 0) is 0 Å². The number of hydrogen-bond acceptors (Lipinski definition) is 3. The highest BCUT2D eigenvalue weighted by Gasteiger charge is 2.22. The number of amides is 1. The van der Waals surface area contributed by atoms with Gasteiger partial charge in [0.2, 0.25) is 0 Å². The van der Waals surface area contributed by atoms with Crippen LogP contribution in [0.15, 0.2) is 24.3 Å². The Morgan fingerprint density at radius 3 is 2.32 bits per heavy atom. The summed E-state index contributed by atoms with van der Waals surface area (Å²) in [4.78, 5) is 14.5. The number of halogens is 1. The lowest BCUT2D eigenvalue weighted by molar-refractivity contribution is 0.0707. The van der Waals surface area contributed by atoms with Gasteiger partial charge in [-0.3, -0.25) is 4.79 Å². The van der Waals surface area contributed by atoms with Crippen molar-refractivity contribution in [2.45, 2.75) is 51.0 Å². The first-order valence-electron chi connectivity index (χ1n) is 9.45. The summed E-state index contributed by atoms with van der Waals surface area (Å²) in [5.74, 6) is 1.72. The number of likely N-dealkylation sites (tertiary alicyclic amines) is 1. The standard InChI is InChI=1S/C20H30N2O2.ClH/c1-21-18-11-13-22(14-12-18)20(23)17-7-9-19(10-8-17)24-15-16-5-3-2-4-6-16;/h7-10,16,18,21H,2-6,11-15H2,1H3;1H. The average molecular weight is 367 g/mol. The lowest BCUT2D eigenvalue weighted by Crippen LogP contribution is -2.43. The second kappa shape index (κ2) is 10.0. The highest BCUT2D eigenvalue weighted by atomic mass is 35.5. The first-order valence-corrected chi connectivity index (χ1v) is 9.45. The number of benzene rings is 1. The molecule has 1 N–H and O–H groups in total. The van der Waals surface area contributed by atoms with Gasteiger partial charge in [-0.25, -0.2) is 0 Å². The normalized spacial score (nSPS) is 19.3. The van der Waals surface area contributed by atoms with Gasteiger partial charge in [-0.1, -0.05) is 19.3 Å². The fraction of sp³-hybridized carbons (Fsp3) is 0.650. The van der Waals surface area contributed by atoms with Crippen LogP contribution < -0.4 is 10.1 Å². The predicted molar refractivity (Wildman–Crippen MR) is 104 cm³/mol. The van der Waals surface area contributed by atoms with E-state index < -0.39 is 0 Å². The molecule has 3 rings (SSSR count). The highest BCUT2D eigenvalue weighted by Crippen LogP contribution is 2.25. The van der Waals surface area contributed by atoms with Gasteiger partial charge in [0.15, 0.2) is 0 Å². The van der Waals surface area contributed by atoms with Crippen LogP contribution in [0.1, 0.15) is 55.3 Å². The van der Waals surface area contributed by atoms with Crippen molar-refractivity contribution in [3.05, 3.63) is 29.8 Å². The summed E-state index contributed by atoms with van der Waals surface area (Å²) in [6, 6.07) is 8.24. The van der Waals surface area contributed by atoms with E-state index in [4.69, 9.17) is 4.74 Å². The molecule has 0 aromatic heterocycles. The van der Waals surface area contributed by atoms with Gasteiger partial charge in [-0.05, 0) is 62.9 Å². The van der Waals surface area contributed by atoms with Gasteiger partial charge in [-0.15, -0.1) is 12.4 Å². The summed E-state index contributed by atoms with van der Waals surface area (Å²) in [5.41, 5.74) is 0.767. The van der Waals surface area contributed by atoms with E-state index in [1.807, 2.05) is 36.2 Å². The van der Waals surface area contributed by atoms with Crippen LogP contribution in [0, 0.1) is 5.92 Å². The summed E-state index contributed by atoms with van der Waals surface area (Å²) in [5, 5.41) is 3.30. The summed E-state index contributed by atoms with van der Waals surface area (Å²) in [6.07, 6.45) is 8.70. The Hall–Kier alpha value is -1.26. The first-order chi connectivity index (χ1) is 11.8. The zero-order chi connectivity index (χ0) is 16.8. The average Bonchev–Trinajstić information content (AvgIpc) is 2.67. The summed E-state index contributed by atoms with van der Waals surface area (Å²) in [7, 11) is 1.99. The Bertz CT molecular complexity index is 521. The quantitative estimate of drug-likeness (QED) is 0.859. The fourth-order valence-electron chi connectivity index (χ4n) is 3.82. The van der Waals surface area contributed by atoms with Crippen LogP contribution in [0.4, 0.5) is 0 Å². The molecule has 1 amide bonds. The Kier molecular flexibility index (Phi) is 8.04. The van der Waals surface area contributed by atoms with E-state index in [1.165, 1.54) is 32.1 Å². The molecule has 0 atom stereocenters. The molecule has 1 saturated carbocycles. The van der Waals surface area contributed by atoms with Crippen LogP contribution in [0.25, 0.3) is 0 Å². The highest BCUT2D eigenvalue weighted by molar-refractivity contribution is 5.94. The molecule has 1 saturated heterocycles. The summed E-state index contributed by atoms with van der Waals surface area (Å²) < 4.78 is 5.92. The molecule has 1 aliphatic heterocycles. The molecular weight excluding hydrogens is 336 g/mol. The van der Waals surface area contributed by atoms with E-state index in [2.05, 4.69) is 5.32 Å². The molecule has 1 aromatic carbocycles. The van der Waals surface area contributed by atoms with Crippen molar-refractivity contribution in [2.24, 2.45) is 5.92 Å². The zero-order valence-electron chi connectivity index (χ0n) is 15.2. The molecule has 0 radical (unpaired) electrons. The van der Waals surface area contributed by atoms with Gasteiger partial charge in [0.05, 0.1) is 6.61 Å². The molecule has 5 heteroatoms. The molecule has 2 fully saturated rings. The largest absolute Gasteiger partial charge is 0.493 e. The fourth-order valence-corrected chi connectivity index (χ4v) is 3.82. The number of piperidine rings is 1. The van der Waals surface area contributed by atoms with Crippen molar-refractivity contribution in [3.63, 3.8) is 0 Å². The molecular formula is C20H31ClN2O2. The van der Waals surface area contributed by atoms with Crippen molar-refractivity contribution in [1.82, 2.24) is 10.2 Å². The Balaban J connectivity index is 0.00000225. The first kappa shape index (κ1) is 20.1. The number of carbonyl (C=O) groups is 1. The molecule has 0 bridgehead atoms. The van der Waals surface area contributed by atoms with Gasteiger partial charge in [0.25, 0.3) is 5.91 Å². The van der Waals surface area contributed by atoms with E-state index in [-0.39, 0.29) is 18.3 Å². The van der Waals surface area contributed by atoms with Gasteiger partial charge in [-0.2, -0.15) is 0 Å². The lowest BCUT2D eigenvalue weighted by atomic mass is 9.90. The summed E-state index contributed by atoms with van der Waals surface area (Å²) >= 11 is 0. The number of carbonyl (C=O) groups excluding carboxylic acids is 1. The van der Waals surface area contributed by atoms with Gasteiger partial charge in [0, 0.05) is 24.7 Å². The second-order valence-electron chi connectivity index (χ2n) is 7.19. The van der Waals surface area contributed by atoms with Crippen molar-refractivity contribution >= 4 is 18.3 Å². The van der Waals surface area contributed by atoms with Crippen LogP contribution >= 0.6 is 12.4 Å². The molecule has 0 unspecified atom stereocenters. The number of nitrogens with zero attached hydrogens (tertiary/aromatic N) is 1. The molecule has 1 aromatic rings. The molecule has 4 nitrogen and oxygen atoms in total. The van der Waals surface area contributed by atoms with Crippen LogP contribution in [-0.4, -0.2) is 43.6 Å². The maximum absolute atomic E-state index is 12.6. The monoisotopic (exact) mass is 366 g/mol. The van der Waals surface area contributed by atoms with Crippen LogP contribution in [0.5, 0.6) is 5.75 Å². The van der Waals surface area contributed by atoms with Crippen molar-refractivity contribution in [2.75, 3.05) is 26.7 Å². The Morgan fingerprint density at radius 2 is 1.72 bits per heavy atom. The zero-order valence-corrected chi connectivity index (χ0v) is 16.0. The van der Waals surface area contributed by atoms with Crippen molar-refractivity contribution < 1.29 is 9.53 Å². The predicted octanol–water partition coefficient (Wildman–Crippen LogP) is 3.89. The van der Waals surface area contributed by atoms with Crippen molar-refractivity contribution in [3.8, 4) is 5.75 Å². The van der Waals surface area contributed by atoms with E-state index >= 15 is 0 Å². The van der Waals surface area contributed by atoms with Crippen LogP contribution in [0.2, 0.25) is 0 Å². The minimum absolute atomic E-state index is 0. The third-order valence-electron chi connectivity index (χ3n) is 5.50. The van der Waals surface area contributed by atoms with E-state index in [0.29, 0.717) is 12.0 Å². The Labute approximate surface area is 157 Å². The lowest BCUT2D eigenvalue weighted by Gasteiger charge is -2.31. The molecule has 140 valence electrons. The molecule has 25 heavy (non-hydrogen) atoms. The number of rotatable bonds is 5. The van der Waals surface area contributed by atoms with Gasteiger partial charge < -0.3 is 15.0 Å². The van der Waals surface area contributed by atoms with Gasteiger partial charge >= 0.3 is 0 Å². The summed E-state index contributed by atoms with van der Waals surface area (Å²) in [6.45, 7) is 2.49. The number of ether oxygens (including phenoxy) is 1. The maximum Gasteiger partial charge on any atom is 0.253 e. The maximum atomic E-state index is 12.6. The molecule has 1 heterocycles. The minimum Gasteiger partial charge on any atom is -0.493 e.